The minimum Gasteiger partial charge on any atom is -0.481 e. The van der Waals surface area contributed by atoms with E-state index in [1.807, 2.05) is 0 Å². The molecule has 4 heteroatoms. The average Bonchev–Trinajstić information content (AvgIpc) is 2.72. The third-order valence-electron chi connectivity index (χ3n) is 3.27. The molecule has 0 saturated heterocycles. The summed E-state index contributed by atoms with van der Waals surface area (Å²) >= 11 is 0. The first-order valence-corrected chi connectivity index (χ1v) is 7.03. The van der Waals surface area contributed by atoms with Gasteiger partial charge in [0, 0.05) is 32.4 Å². The van der Waals surface area contributed by atoms with Crippen molar-refractivity contribution in [3.8, 4) is 0 Å². The van der Waals surface area contributed by atoms with E-state index in [-0.39, 0.29) is 0 Å². The minimum absolute atomic E-state index is 0.328. The summed E-state index contributed by atoms with van der Waals surface area (Å²) in [5.74, 6) is -0.668. The molecule has 104 valence electrons. The molecule has 1 N–H and O–H groups in total. The fourth-order valence-corrected chi connectivity index (χ4v) is 2.21. The Hall–Kier alpha value is -1.19. The second-order valence-electron chi connectivity index (χ2n) is 5.13. The summed E-state index contributed by atoms with van der Waals surface area (Å²) < 4.78 is 0. The van der Waals surface area contributed by atoms with Crippen LogP contribution in [-0.4, -0.2) is 41.1 Å². The molecule has 0 spiro atoms. The fraction of sp³-hybridized carbons (Fsp3) is 0.786. The summed E-state index contributed by atoms with van der Waals surface area (Å²) in [6.07, 6.45) is 12.7. The van der Waals surface area contributed by atoms with E-state index in [1.54, 1.807) is 0 Å². The number of carbonyl (C=O) groups is 1. The molecular formula is C14H26N2O2. The average molecular weight is 254 g/mol. The highest BCUT2D eigenvalue weighted by atomic mass is 16.4. The maximum Gasteiger partial charge on any atom is 0.303 e. The van der Waals surface area contributed by atoms with Crippen LogP contribution in [0.5, 0.6) is 0 Å². The first-order chi connectivity index (χ1) is 8.68. The van der Waals surface area contributed by atoms with Crippen LogP contribution in [0.25, 0.3) is 0 Å². The fourth-order valence-electron chi connectivity index (χ4n) is 2.21. The van der Waals surface area contributed by atoms with E-state index in [0.29, 0.717) is 6.42 Å². The summed E-state index contributed by atoms with van der Waals surface area (Å²) in [7, 11) is 2.09. The van der Waals surface area contributed by atoms with Gasteiger partial charge >= 0.3 is 5.97 Å². The molecule has 0 aromatic carbocycles. The van der Waals surface area contributed by atoms with Crippen molar-refractivity contribution < 1.29 is 9.90 Å². The quantitative estimate of drug-likeness (QED) is 0.609. The zero-order chi connectivity index (χ0) is 13.2. The van der Waals surface area contributed by atoms with Crippen molar-refractivity contribution in [3.05, 3.63) is 12.4 Å². The van der Waals surface area contributed by atoms with Gasteiger partial charge in [0.1, 0.15) is 0 Å². The Bertz CT molecular complexity index is 267. The normalized spacial score (nSPS) is 14.5. The first kappa shape index (κ1) is 14.9. The zero-order valence-electron chi connectivity index (χ0n) is 11.5. The van der Waals surface area contributed by atoms with E-state index in [9.17, 15) is 4.79 Å². The van der Waals surface area contributed by atoms with Crippen molar-refractivity contribution in [3.63, 3.8) is 0 Å². The van der Waals surface area contributed by atoms with Crippen LogP contribution < -0.4 is 0 Å². The van der Waals surface area contributed by atoms with Gasteiger partial charge in [-0.05, 0) is 12.8 Å². The molecule has 0 aliphatic carbocycles. The second-order valence-corrected chi connectivity index (χ2v) is 5.13. The topological polar surface area (TPSA) is 43.8 Å². The van der Waals surface area contributed by atoms with Gasteiger partial charge in [-0.15, -0.1) is 0 Å². The highest BCUT2D eigenvalue weighted by molar-refractivity contribution is 5.66. The van der Waals surface area contributed by atoms with Crippen LogP contribution in [0.4, 0.5) is 0 Å². The van der Waals surface area contributed by atoms with Crippen LogP contribution in [0.1, 0.15) is 51.4 Å². The third kappa shape index (κ3) is 7.20. The predicted octanol–water partition coefficient (Wildman–Crippen LogP) is 2.87. The van der Waals surface area contributed by atoms with Crippen molar-refractivity contribution in [1.82, 2.24) is 9.80 Å². The van der Waals surface area contributed by atoms with Crippen LogP contribution in [0.15, 0.2) is 12.4 Å². The van der Waals surface area contributed by atoms with E-state index in [2.05, 4.69) is 29.2 Å². The lowest BCUT2D eigenvalue weighted by molar-refractivity contribution is -0.137. The molecule has 1 rings (SSSR count). The Labute approximate surface area is 110 Å². The number of carboxylic acids is 1. The van der Waals surface area contributed by atoms with Crippen molar-refractivity contribution in [2.75, 3.05) is 20.3 Å². The standard InChI is InChI=1S/C14H26N2O2/c1-15-11-12-16(13-15)10-8-6-4-2-3-5-7-9-14(17)18/h11-12H,2-10,13H2,1H3,(H,17,18). The second kappa shape index (κ2) is 8.84. The Kier molecular flexibility index (Phi) is 7.30. The first-order valence-electron chi connectivity index (χ1n) is 7.03. The molecule has 0 aromatic rings. The molecule has 1 aliphatic rings. The van der Waals surface area contributed by atoms with Crippen LogP contribution in [0.3, 0.4) is 0 Å². The maximum absolute atomic E-state index is 10.3. The number of aliphatic carboxylic acids is 1. The third-order valence-corrected chi connectivity index (χ3v) is 3.27. The number of hydrogen-bond donors (Lipinski definition) is 1. The summed E-state index contributed by atoms with van der Waals surface area (Å²) in [5.41, 5.74) is 0. The number of hydrogen-bond acceptors (Lipinski definition) is 3. The Morgan fingerprint density at radius 1 is 1.06 bits per heavy atom. The molecule has 1 heterocycles. The largest absolute Gasteiger partial charge is 0.481 e. The van der Waals surface area contributed by atoms with Crippen molar-refractivity contribution in [2.45, 2.75) is 51.4 Å². The van der Waals surface area contributed by atoms with Crippen LogP contribution in [-0.2, 0) is 4.79 Å². The molecule has 0 amide bonds. The molecule has 0 atom stereocenters. The van der Waals surface area contributed by atoms with Crippen LogP contribution >= 0.6 is 0 Å². The molecule has 0 saturated carbocycles. The molecule has 0 aromatic heterocycles. The van der Waals surface area contributed by atoms with Gasteiger partial charge in [-0.1, -0.05) is 32.1 Å². The molecule has 0 radical (unpaired) electrons. The predicted molar refractivity (Wildman–Crippen MR) is 73.0 cm³/mol. The van der Waals surface area contributed by atoms with Gasteiger partial charge in [0.2, 0.25) is 0 Å². The lowest BCUT2D eigenvalue weighted by Gasteiger charge is -2.17. The summed E-state index contributed by atoms with van der Waals surface area (Å²) in [5, 5.41) is 8.50. The zero-order valence-corrected chi connectivity index (χ0v) is 11.5. The minimum atomic E-state index is -0.668. The van der Waals surface area contributed by atoms with Crippen molar-refractivity contribution >= 4 is 5.97 Å². The van der Waals surface area contributed by atoms with E-state index >= 15 is 0 Å². The van der Waals surface area contributed by atoms with Gasteiger partial charge in [0.05, 0.1) is 6.67 Å². The van der Waals surface area contributed by atoms with Crippen molar-refractivity contribution in [1.29, 1.82) is 0 Å². The monoisotopic (exact) mass is 254 g/mol. The summed E-state index contributed by atoms with van der Waals surface area (Å²) in [6.45, 7) is 2.18. The number of nitrogens with zero attached hydrogens (tertiary/aromatic N) is 2. The molecule has 1 aliphatic heterocycles. The number of carboxylic acid groups (broad SMARTS) is 1. The molecule has 18 heavy (non-hydrogen) atoms. The van der Waals surface area contributed by atoms with E-state index in [4.69, 9.17) is 5.11 Å². The van der Waals surface area contributed by atoms with Gasteiger partial charge in [0.15, 0.2) is 0 Å². The number of rotatable bonds is 10. The smallest absolute Gasteiger partial charge is 0.303 e. The van der Waals surface area contributed by atoms with Gasteiger partial charge < -0.3 is 14.9 Å². The highest BCUT2D eigenvalue weighted by Gasteiger charge is 2.06. The Balaban J connectivity index is 1.79. The van der Waals surface area contributed by atoms with E-state index < -0.39 is 5.97 Å². The van der Waals surface area contributed by atoms with Crippen LogP contribution in [0, 0.1) is 0 Å². The van der Waals surface area contributed by atoms with Gasteiger partial charge in [0.25, 0.3) is 0 Å². The lowest BCUT2D eigenvalue weighted by atomic mass is 10.1. The van der Waals surface area contributed by atoms with Gasteiger partial charge in [-0.25, -0.2) is 0 Å². The molecule has 0 fully saturated rings. The molecular weight excluding hydrogens is 228 g/mol. The summed E-state index contributed by atoms with van der Waals surface area (Å²) in [4.78, 5) is 14.8. The van der Waals surface area contributed by atoms with Gasteiger partial charge in [-0.2, -0.15) is 0 Å². The highest BCUT2D eigenvalue weighted by Crippen LogP contribution is 2.10. The van der Waals surface area contributed by atoms with E-state index in [1.165, 1.54) is 32.1 Å². The Morgan fingerprint density at radius 2 is 1.67 bits per heavy atom. The SMILES string of the molecule is CN1C=CN(CCCCCCCCCC(=O)O)C1. The molecule has 4 nitrogen and oxygen atoms in total. The number of unbranched alkanes of at least 4 members (excludes halogenated alkanes) is 6. The Morgan fingerprint density at radius 3 is 2.22 bits per heavy atom. The van der Waals surface area contributed by atoms with E-state index in [0.717, 1.165) is 26.1 Å². The maximum atomic E-state index is 10.3. The summed E-state index contributed by atoms with van der Waals surface area (Å²) in [6, 6.07) is 0. The van der Waals surface area contributed by atoms with Crippen molar-refractivity contribution in [2.24, 2.45) is 0 Å². The molecule has 0 unspecified atom stereocenters. The van der Waals surface area contributed by atoms with Gasteiger partial charge in [-0.3, -0.25) is 4.79 Å². The molecule has 0 bridgehead atoms. The lowest BCUT2D eigenvalue weighted by Crippen LogP contribution is -2.23. The van der Waals surface area contributed by atoms with Crippen LogP contribution in [0.2, 0.25) is 0 Å².